The smallest absolute Gasteiger partial charge is 0.213 e. The van der Waals surface area contributed by atoms with Gasteiger partial charge in [-0.2, -0.15) is 0 Å². The Kier molecular flexibility index (Phi) is 1.75. The number of nitrogens with one attached hydrogen (secondary N) is 2. The highest BCUT2D eigenvalue weighted by Gasteiger charge is 2.19. The molecular weight excluding hydrogens is 162 g/mol. The van der Waals surface area contributed by atoms with Gasteiger partial charge in [-0.05, 0) is 25.1 Å². The maximum atomic E-state index is 5.39. The lowest BCUT2D eigenvalue weighted by Gasteiger charge is -2.02. The molecule has 0 unspecified atom stereocenters. The molecule has 2 rings (SSSR count). The molecule has 4 nitrogen and oxygen atoms in total. The molecule has 0 bridgehead atoms. The molecule has 0 aromatic carbocycles. The van der Waals surface area contributed by atoms with Gasteiger partial charge in [0.1, 0.15) is 6.10 Å². The van der Waals surface area contributed by atoms with Crippen LogP contribution in [-0.4, -0.2) is 21.8 Å². The van der Waals surface area contributed by atoms with Gasteiger partial charge in [-0.25, -0.2) is 4.98 Å². The van der Waals surface area contributed by atoms with Gasteiger partial charge in [-0.1, -0.05) is 0 Å². The molecule has 0 amide bonds. The Morgan fingerprint density at radius 3 is 3.00 bits per heavy atom. The first-order valence-corrected chi connectivity index (χ1v) is 4.03. The number of aromatic amines is 2. The molecule has 5 heteroatoms. The van der Waals surface area contributed by atoms with Crippen LogP contribution in [0.5, 0.6) is 0 Å². The zero-order valence-electron chi connectivity index (χ0n) is 5.96. The molecule has 1 atom stereocenters. The second-order valence-electron chi connectivity index (χ2n) is 2.55. The maximum Gasteiger partial charge on any atom is 0.213 e. The number of ether oxygens (including phenoxy) is 1. The molecule has 0 spiro atoms. The van der Waals surface area contributed by atoms with Crippen LogP contribution in [0, 0.1) is 4.77 Å². The minimum Gasteiger partial charge on any atom is -0.370 e. The van der Waals surface area contributed by atoms with Gasteiger partial charge in [0.2, 0.25) is 4.77 Å². The van der Waals surface area contributed by atoms with E-state index in [0.717, 1.165) is 25.3 Å². The average Bonchev–Trinajstić information content (AvgIpc) is 2.55. The third-order valence-corrected chi connectivity index (χ3v) is 1.95. The largest absolute Gasteiger partial charge is 0.370 e. The lowest BCUT2D eigenvalue weighted by Crippen LogP contribution is -1.97. The topological polar surface area (TPSA) is 53.7 Å². The molecule has 0 saturated carbocycles. The predicted molar refractivity (Wildman–Crippen MR) is 41.7 cm³/mol. The lowest BCUT2D eigenvalue weighted by atomic mass is 10.2. The third-order valence-electron chi connectivity index (χ3n) is 1.75. The van der Waals surface area contributed by atoms with E-state index in [4.69, 9.17) is 17.0 Å². The Morgan fingerprint density at radius 1 is 1.55 bits per heavy atom. The highest BCUT2D eigenvalue weighted by molar-refractivity contribution is 7.71. The van der Waals surface area contributed by atoms with Crippen molar-refractivity contribution in [3.05, 3.63) is 10.6 Å². The summed E-state index contributed by atoms with van der Waals surface area (Å²) in [5.41, 5.74) is 0. The molecular formula is C6H9N3OS. The molecule has 2 N–H and O–H groups in total. The molecule has 1 fully saturated rings. The van der Waals surface area contributed by atoms with E-state index in [-0.39, 0.29) is 6.10 Å². The van der Waals surface area contributed by atoms with Crippen molar-refractivity contribution in [3.63, 3.8) is 0 Å². The van der Waals surface area contributed by atoms with Crippen molar-refractivity contribution in [2.24, 2.45) is 0 Å². The SMILES string of the molecule is S=c1nc([C@@H]2CCCO2)[nH][nH]1. The van der Waals surface area contributed by atoms with Gasteiger partial charge >= 0.3 is 0 Å². The van der Waals surface area contributed by atoms with E-state index in [9.17, 15) is 0 Å². The van der Waals surface area contributed by atoms with Crippen LogP contribution in [0.25, 0.3) is 0 Å². The summed E-state index contributed by atoms with van der Waals surface area (Å²) in [5.74, 6) is 0.826. The molecule has 1 aromatic rings. The van der Waals surface area contributed by atoms with Crippen LogP contribution in [0.15, 0.2) is 0 Å². The average molecular weight is 171 g/mol. The summed E-state index contributed by atoms with van der Waals surface area (Å²) >= 11 is 4.81. The second-order valence-corrected chi connectivity index (χ2v) is 2.94. The number of rotatable bonds is 1. The van der Waals surface area contributed by atoms with Crippen LogP contribution in [0.4, 0.5) is 0 Å². The highest BCUT2D eigenvalue weighted by Crippen LogP contribution is 2.24. The molecule has 1 aliphatic heterocycles. The van der Waals surface area contributed by atoms with E-state index in [2.05, 4.69) is 15.2 Å². The second kappa shape index (κ2) is 2.75. The Balaban J connectivity index is 2.21. The van der Waals surface area contributed by atoms with Crippen molar-refractivity contribution < 1.29 is 4.74 Å². The van der Waals surface area contributed by atoms with Gasteiger partial charge in [0, 0.05) is 6.61 Å². The predicted octanol–water partition coefficient (Wildman–Crippen LogP) is 1.32. The normalized spacial score (nSPS) is 24.2. The fourth-order valence-electron chi connectivity index (χ4n) is 1.23. The van der Waals surface area contributed by atoms with Crippen molar-refractivity contribution in [1.82, 2.24) is 15.2 Å². The number of hydrogen-bond donors (Lipinski definition) is 2. The first kappa shape index (κ1) is 7.00. The lowest BCUT2D eigenvalue weighted by molar-refractivity contribution is 0.105. The molecule has 11 heavy (non-hydrogen) atoms. The van der Waals surface area contributed by atoms with Crippen LogP contribution in [0.2, 0.25) is 0 Å². The summed E-state index contributed by atoms with van der Waals surface area (Å²) in [4.78, 5) is 4.07. The first-order chi connectivity index (χ1) is 5.36. The van der Waals surface area contributed by atoms with Gasteiger partial charge in [0.25, 0.3) is 0 Å². The van der Waals surface area contributed by atoms with Crippen molar-refractivity contribution >= 4 is 12.2 Å². The van der Waals surface area contributed by atoms with Crippen LogP contribution in [-0.2, 0) is 4.74 Å². The van der Waals surface area contributed by atoms with E-state index in [1.165, 1.54) is 0 Å². The summed E-state index contributed by atoms with van der Waals surface area (Å²) in [6.45, 7) is 0.831. The van der Waals surface area contributed by atoms with E-state index >= 15 is 0 Å². The van der Waals surface area contributed by atoms with Crippen LogP contribution in [0.1, 0.15) is 24.8 Å². The van der Waals surface area contributed by atoms with Crippen molar-refractivity contribution in [2.75, 3.05) is 6.61 Å². The first-order valence-electron chi connectivity index (χ1n) is 3.62. The van der Waals surface area contributed by atoms with Gasteiger partial charge in [0.15, 0.2) is 5.82 Å². The fraction of sp³-hybridized carbons (Fsp3) is 0.667. The Bertz CT molecular complexity index is 286. The quantitative estimate of drug-likeness (QED) is 0.626. The van der Waals surface area contributed by atoms with E-state index < -0.39 is 0 Å². The maximum absolute atomic E-state index is 5.39. The molecule has 60 valence electrons. The Labute approximate surface area is 69.0 Å². The number of aromatic nitrogens is 3. The number of nitrogens with zero attached hydrogens (tertiary/aromatic N) is 1. The van der Waals surface area contributed by atoms with Gasteiger partial charge in [0.05, 0.1) is 0 Å². The molecule has 1 aliphatic rings. The zero-order chi connectivity index (χ0) is 7.68. The summed E-state index contributed by atoms with van der Waals surface area (Å²) < 4.78 is 5.89. The number of hydrogen-bond acceptors (Lipinski definition) is 3. The molecule has 1 saturated heterocycles. The van der Waals surface area contributed by atoms with E-state index in [1.54, 1.807) is 0 Å². The van der Waals surface area contributed by atoms with Crippen molar-refractivity contribution in [2.45, 2.75) is 18.9 Å². The van der Waals surface area contributed by atoms with Crippen LogP contribution < -0.4 is 0 Å². The zero-order valence-corrected chi connectivity index (χ0v) is 6.78. The van der Waals surface area contributed by atoms with Gasteiger partial charge in [-0.3, -0.25) is 10.2 Å². The standard InChI is InChI=1S/C6H9N3OS/c11-6-7-5(8-9-6)4-2-1-3-10-4/h4H,1-3H2,(H2,7,8,9,11)/t4-/m0/s1. The van der Waals surface area contributed by atoms with Crippen LogP contribution >= 0.6 is 12.2 Å². The highest BCUT2D eigenvalue weighted by atomic mass is 32.1. The minimum atomic E-state index is 0.128. The molecule has 0 aliphatic carbocycles. The summed E-state index contributed by atoms with van der Waals surface area (Å²) in [6, 6.07) is 0. The Morgan fingerprint density at radius 2 is 2.45 bits per heavy atom. The summed E-state index contributed by atoms with van der Waals surface area (Å²) in [6.07, 6.45) is 2.27. The fourth-order valence-corrected chi connectivity index (χ4v) is 1.38. The Hall–Kier alpha value is -0.680. The minimum absolute atomic E-state index is 0.128. The monoisotopic (exact) mass is 171 g/mol. The third kappa shape index (κ3) is 1.34. The number of H-pyrrole nitrogens is 2. The van der Waals surface area contributed by atoms with E-state index in [1.807, 2.05) is 0 Å². The molecule has 2 heterocycles. The van der Waals surface area contributed by atoms with Gasteiger partial charge < -0.3 is 4.74 Å². The molecule has 0 radical (unpaired) electrons. The summed E-state index contributed by atoms with van der Waals surface area (Å²) in [5, 5.41) is 5.63. The molecule has 1 aromatic heterocycles. The van der Waals surface area contributed by atoms with Crippen LogP contribution in [0.3, 0.4) is 0 Å². The van der Waals surface area contributed by atoms with E-state index in [0.29, 0.717) is 4.77 Å². The van der Waals surface area contributed by atoms with Crippen molar-refractivity contribution in [3.8, 4) is 0 Å². The summed E-state index contributed by atoms with van der Waals surface area (Å²) in [7, 11) is 0. The van der Waals surface area contributed by atoms with Crippen molar-refractivity contribution in [1.29, 1.82) is 0 Å². The van der Waals surface area contributed by atoms with Gasteiger partial charge in [-0.15, -0.1) is 0 Å².